The minimum Gasteiger partial charge on any atom is -0.353 e. The van der Waals surface area contributed by atoms with Crippen LogP contribution in [0, 0.1) is 6.92 Å². The molecule has 2 rings (SSSR count). The van der Waals surface area contributed by atoms with Crippen molar-refractivity contribution >= 4 is 11.7 Å². The lowest BCUT2D eigenvalue weighted by Crippen LogP contribution is -2.48. The van der Waals surface area contributed by atoms with E-state index >= 15 is 0 Å². The molecule has 0 aliphatic carbocycles. The Bertz CT molecular complexity index is 446. The Balaban J connectivity index is 2.17. The number of nitrogens with two attached hydrogens (primary N) is 1. The maximum Gasteiger partial charge on any atom is 0.219 e. The largest absolute Gasteiger partial charge is 0.353 e. The van der Waals surface area contributed by atoms with Crippen LogP contribution in [0.5, 0.6) is 0 Å². The zero-order valence-corrected chi connectivity index (χ0v) is 11.3. The van der Waals surface area contributed by atoms with Crippen LogP contribution >= 0.6 is 0 Å². The molecule has 1 aromatic heterocycles. The second-order valence-corrected chi connectivity index (χ2v) is 4.71. The van der Waals surface area contributed by atoms with Crippen molar-refractivity contribution in [1.29, 1.82) is 0 Å². The van der Waals surface area contributed by atoms with E-state index in [0.29, 0.717) is 6.54 Å². The van der Waals surface area contributed by atoms with E-state index in [1.807, 2.05) is 23.6 Å². The van der Waals surface area contributed by atoms with Gasteiger partial charge in [0.25, 0.3) is 0 Å². The van der Waals surface area contributed by atoms with Gasteiger partial charge in [-0.3, -0.25) is 9.48 Å². The second-order valence-electron chi connectivity index (χ2n) is 4.71. The van der Waals surface area contributed by atoms with Gasteiger partial charge in [0.1, 0.15) is 5.82 Å². The molecule has 0 atom stereocenters. The number of rotatable bonds is 2. The third-order valence-electron chi connectivity index (χ3n) is 3.54. The molecule has 2 N–H and O–H groups in total. The molecule has 2 heterocycles. The summed E-state index contributed by atoms with van der Waals surface area (Å²) in [4.78, 5) is 15.4. The Morgan fingerprint density at radius 1 is 1.33 bits per heavy atom. The summed E-state index contributed by atoms with van der Waals surface area (Å²) in [6.07, 6.45) is 0. The van der Waals surface area contributed by atoms with E-state index in [2.05, 4.69) is 10.00 Å². The highest BCUT2D eigenvalue weighted by Crippen LogP contribution is 2.23. The number of hydrogen-bond donors (Lipinski definition) is 1. The van der Waals surface area contributed by atoms with Gasteiger partial charge in [0.05, 0.1) is 5.69 Å². The number of carbonyl (C=O) groups is 1. The van der Waals surface area contributed by atoms with Crippen molar-refractivity contribution in [2.45, 2.75) is 20.4 Å². The molecular formula is C12H21N5O. The van der Waals surface area contributed by atoms with Gasteiger partial charge in [-0.05, 0) is 6.92 Å². The Labute approximate surface area is 107 Å². The number of amides is 1. The molecule has 100 valence electrons. The van der Waals surface area contributed by atoms with Crippen LogP contribution in [0.2, 0.25) is 0 Å². The van der Waals surface area contributed by atoms with Crippen LogP contribution in [-0.2, 0) is 18.4 Å². The first-order valence-corrected chi connectivity index (χ1v) is 6.27. The first-order valence-electron chi connectivity index (χ1n) is 6.27. The summed E-state index contributed by atoms with van der Waals surface area (Å²) in [5.41, 5.74) is 7.90. The smallest absolute Gasteiger partial charge is 0.219 e. The van der Waals surface area contributed by atoms with Crippen molar-refractivity contribution in [2.75, 3.05) is 31.1 Å². The zero-order valence-electron chi connectivity index (χ0n) is 11.3. The van der Waals surface area contributed by atoms with Crippen LogP contribution in [0.3, 0.4) is 0 Å². The molecule has 6 nitrogen and oxygen atoms in total. The van der Waals surface area contributed by atoms with Gasteiger partial charge < -0.3 is 15.5 Å². The van der Waals surface area contributed by atoms with Gasteiger partial charge in [-0.15, -0.1) is 0 Å². The average Bonchev–Trinajstić information content (AvgIpc) is 2.63. The zero-order chi connectivity index (χ0) is 13.3. The van der Waals surface area contributed by atoms with Crippen LogP contribution in [-0.4, -0.2) is 46.8 Å². The molecule has 18 heavy (non-hydrogen) atoms. The predicted molar refractivity (Wildman–Crippen MR) is 70.3 cm³/mol. The molecule has 0 aromatic carbocycles. The highest BCUT2D eigenvalue weighted by molar-refractivity contribution is 5.73. The molecule has 1 amide bonds. The first kappa shape index (κ1) is 12.9. The third-order valence-corrected chi connectivity index (χ3v) is 3.54. The van der Waals surface area contributed by atoms with Gasteiger partial charge in [-0.25, -0.2) is 0 Å². The van der Waals surface area contributed by atoms with Crippen LogP contribution < -0.4 is 10.6 Å². The summed E-state index contributed by atoms with van der Waals surface area (Å²) in [5, 5.41) is 4.43. The van der Waals surface area contributed by atoms with Gasteiger partial charge >= 0.3 is 0 Å². The maximum atomic E-state index is 11.3. The number of hydrogen-bond acceptors (Lipinski definition) is 4. The van der Waals surface area contributed by atoms with E-state index in [9.17, 15) is 4.79 Å². The molecule has 0 unspecified atom stereocenters. The SMILES string of the molecule is CC(=O)N1CCN(c2c(CN)c(C)nn2C)CC1. The minimum atomic E-state index is 0.148. The van der Waals surface area contributed by atoms with Crippen molar-refractivity contribution in [2.24, 2.45) is 12.8 Å². The number of anilines is 1. The van der Waals surface area contributed by atoms with E-state index in [1.165, 1.54) is 0 Å². The molecule has 1 fully saturated rings. The maximum absolute atomic E-state index is 11.3. The quantitative estimate of drug-likeness (QED) is 0.794. The number of piperazine rings is 1. The van der Waals surface area contributed by atoms with E-state index in [0.717, 1.165) is 43.3 Å². The fraction of sp³-hybridized carbons (Fsp3) is 0.667. The lowest BCUT2D eigenvalue weighted by Gasteiger charge is -2.35. The van der Waals surface area contributed by atoms with E-state index in [-0.39, 0.29) is 5.91 Å². The topological polar surface area (TPSA) is 67.4 Å². The van der Waals surface area contributed by atoms with Gasteiger partial charge in [-0.1, -0.05) is 0 Å². The second kappa shape index (κ2) is 4.97. The van der Waals surface area contributed by atoms with Gasteiger partial charge in [0.15, 0.2) is 0 Å². The van der Waals surface area contributed by atoms with E-state index < -0.39 is 0 Å². The number of aryl methyl sites for hydroxylation is 2. The molecule has 1 aliphatic rings. The average molecular weight is 251 g/mol. The van der Waals surface area contributed by atoms with Gasteiger partial charge in [0, 0.05) is 52.3 Å². The highest BCUT2D eigenvalue weighted by Gasteiger charge is 2.23. The van der Waals surface area contributed by atoms with E-state index in [4.69, 9.17) is 5.73 Å². The monoisotopic (exact) mass is 251 g/mol. The molecule has 1 aliphatic heterocycles. The lowest BCUT2D eigenvalue weighted by molar-refractivity contribution is -0.129. The van der Waals surface area contributed by atoms with Gasteiger partial charge in [-0.2, -0.15) is 5.10 Å². The van der Waals surface area contributed by atoms with Crippen molar-refractivity contribution in [3.63, 3.8) is 0 Å². The van der Waals surface area contributed by atoms with Crippen LogP contribution in [0.15, 0.2) is 0 Å². The molecular weight excluding hydrogens is 230 g/mol. The third kappa shape index (κ3) is 2.20. The summed E-state index contributed by atoms with van der Waals surface area (Å²) in [6.45, 7) is 7.32. The van der Waals surface area contributed by atoms with Crippen LogP contribution in [0.4, 0.5) is 5.82 Å². The van der Waals surface area contributed by atoms with Crippen LogP contribution in [0.1, 0.15) is 18.2 Å². The van der Waals surface area contributed by atoms with Crippen molar-refractivity contribution in [3.8, 4) is 0 Å². The molecule has 0 radical (unpaired) electrons. The minimum absolute atomic E-state index is 0.148. The fourth-order valence-electron chi connectivity index (χ4n) is 2.56. The Hall–Kier alpha value is -1.56. The predicted octanol–water partition coefficient (Wildman–Crippen LogP) is -0.144. The molecule has 1 aromatic rings. The van der Waals surface area contributed by atoms with Gasteiger partial charge in [0.2, 0.25) is 5.91 Å². The molecule has 0 spiro atoms. The molecule has 6 heteroatoms. The number of carbonyl (C=O) groups excluding carboxylic acids is 1. The normalized spacial score (nSPS) is 16.2. The number of aromatic nitrogens is 2. The Morgan fingerprint density at radius 3 is 2.44 bits per heavy atom. The fourth-order valence-corrected chi connectivity index (χ4v) is 2.56. The van der Waals surface area contributed by atoms with Crippen molar-refractivity contribution in [1.82, 2.24) is 14.7 Å². The summed E-state index contributed by atoms with van der Waals surface area (Å²) >= 11 is 0. The summed E-state index contributed by atoms with van der Waals surface area (Å²) in [7, 11) is 1.94. The molecule has 0 bridgehead atoms. The molecule has 1 saturated heterocycles. The lowest BCUT2D eigenvalue weighted by atomic mass is 10.2. The summed E-state index contributed by atoms with van der Waals surface area (Å²) in [6, 6.07) is 0. The highest BCUT2D eigenvalue weighted by atomic mass is 16.2. The number of nitrogens with zero attached hydrogens (tertiary/aromatic N) is 4. The molecule has 0 saturated carbocycles. The van der Waals surface area contributed by atoms with Crippen LogP contribution in [0.25, 0.3) is 0 Å². The first-order chi connectivity index (χ1) is 8.54. The summed E-state index contributed by atoms with van der Waals surface area (Å²) in [5.74, 6) is 1.24. The Morgan fingerprint density at radius 2 is 1.94 bits per heavy atom. The Kier molecular flexibility index (Phi) is 3.56. The van der Waals surface area contributed by atoms with E-state index in [1.54, 1.807) is 6.92 Å². The summed E-state index contributed by atoms with van der Waals surface area (Å²) < 4.78 is 1.89. The van der Waals surface area contributed by atoms with Crippen molar-refractivity contribution < 1.29 is 4.79 Å². The van der Waals surface area contributed by atoms with Crippen molar-refractivity contribution in [3.05, 3.63) is 11.3 Å². The standard InChI is InChI=1S/C12H21N5O/c1-9-11(8-13)12(15(3)14-9)17-6-4-16(5-7-17)10(2)18/h4-8,13H2,1-3H3.